The number of carbonyl (C=O) groups excluding carboxylic acids is 4. The van der Waals surface area contributed by atoms with Gasteiger partial charge in [0.2, 0.25) is 23.6 Å². The summed E-state index contributed by atoms with van der Waals surface area (Å²) in [7, 11) is 0. The van der Waals surface area contributed by atoms with Crippen molar-refractivity contribution in [1.29, 1.82) is 0 Å². The monoisotopic (exact) mass is 588 g/mol. The third-order valence-electron chi connectivity index (χ3n) is 5.03. The number of nitrogens with zero attached hydrogens (tertiary/aromatic N) is 4. The largest absolute Gasteiger partial charge is 0.476 e. The average molecular weight is 589 g/mol. The molecule has 230 valence electrons. The van der Waals surface area contributed by atoms with Crippen LogP contribution in [0, 0.1) is 0 Å². The highest BCUT2D eigenvalue weighted by Gasteiger charge is 2.30. The maximum atomic E-state index is 13.1. The zero-order valence-electron chi connectivity index (χ0n) is 24.9. The molecule has 42 heavy (non-hydrogen) atoms. The summed E-state index contributed by atoms with van der Waals surface area (Å²) < 4.78 is 21.8. The zero-order valence-corrected chi connectivity index (χ0v) is 24.9. The van der Waals surface area contributed by atoms with Crippen LogP contribution in [0.1, 0.15) is 54.4 Å². The first-order chi connectivity index (χ1) is 19.5. The van der Waals surface area contributed by atoms with E-state index in [1.165, 1.54) is 12.4 Å². The highest BCUT2D eigenvalue weighted by molar-refractivity contribution is 5.96. The number of hydrogen-bond donors (Lipinski definition) is 2. The molecule has 14 nitrogen and oxygen atoms in total. The normalized spacial score (nSPS) is 11.3. The smallest absolute Gasteiger partial charge is 0.417 e. The van der Waals surface area contributed by atoms with E-state index >= 15 is 0 Å². The molecule has 0 fully saturated rings. The first kappa shape index (κ1) is 33.6. The lowest BCUT2D eigenvalue weighted by molar-refractivity contribution is -0.136. The summed E-state index contributed by atoms with van der Waals surface area (Å²) in [6, 6.07) is 6.29. The van der Waals surface area contributed by atoms with E-state index in [0.717, 1.165) is 9.80 Å². The maximum Gasteiger partial charge on any atom is 0.417 e. The number of carbonyl (C=O) groups is 4. The van der Waals surface area contributed by atoms with Gasteiger partial charge in [0, 0.05) is 25.0 Å². The fourth-order valence-electron chi connectivity index (χ4n) is 3.19. The van der Waals surface area contributed by atoms with Crippen LogP contribution in [0.2, 0.25) is 0 Å². The van der Waals surface area contributed by atoms with Gasteiger partial charge in [0.15, 0.2) is 0 Å². The van der Waals surface area contributed by atoms with Gasteiger partial charge in [-0.15, -0.1) is 0 Å². The molecule has 0 saturated carbocycles. The molecule has 0 spiro atoms. The van der Waals surface area contributed by atoms with Crippen molar-refractivity contribution in [2.24, 2.45) is 0 Å². The van der Waals surface area contributed by atoms with Crippen molar-refractivity contribution in [2.75, 3.05) is 37.8 Å². The molecular weight excluding hydrogens is 548 g/mol. The number of hydrogen-bond acceptors (Lipinski definition) is 12. The minimum absolute atomic E-state index is 0.0869. The van der Waals surface area contributed by atoms with E-state index < -0.39 is 48.0 Å². The molecule has 4 amide bonds. The first-order valence-electron chi connectivity index (χ1n) is 13.3. The summed E-state index contributed by atoms with van der Waals surface area (Å²) in [5.74, 6) is -0.892. The number of amides is 4. The average Bonchev–Trinajstić information content (AvgIpc) is 2.87. The Morgan fingerprint density at radius 3 is 1.31 bits per heavy atom. The number of anilines is 2. The summed E-state index contributed by atoms with van der Waals surface area (Å²) in [6.45, 7) is 9.43. The van der Waals surface area contributed by atoms with E-state index in [0.29, 0.717) is 11.4 Å². The van der Waals surface area contributed by atoms with Crippen molar-refractivity contribution in [3.63, 3.8) is 0 Å². The van der Waals surface area contributed by atoms with Crippen LogP contribution >= 0.6 is 0 Å². The molecule has 0 aliphatic heterocycles. The van der Waals surface area contributed by atoms with Crippen molar-refractivity contribution in [3.05, 3.63) is 36.7 Å². The number of aromatic nitrogens is 2. The van der Waals surface area contributed by atoms with Crippen molar-refractivity contribution in [1.82, 2.24) is 19.8 Å². The fraction of sp³-hybridized carbons (Fsp3) is 0.500. The van der Waals surface area contributed by atoms with Gasteiger partial charge in [0.05, 0.1) is 36.9 Å². The fourth-order valence-corrected chi connectivity index (χ4v) is 3.19. The van der Waals surface area contributed by atoms with Gasteiger partial charge in [-0.1, -0.05) is 0 Å². The number of nitrogen functional groups attached to an aromatic ring is 2. The van der Waals surface area contributed by atoms with Crippen LogP contribution in [0.15, 0.2) is 36.7 Å². The second-order valence-electron chi connectivity index (χ2n) is 11.1. The molecule has 2 aromatic rings. The quantitative estimate of drug-likeness (QED) is 0.390. The lowest BCUT2D eigenvalue weighted by Crippen LogP contribution is -2.45. The Morgan fingerprint density at radius 2 is 1.02 bits per heavy atom. The molecule has 2 heterocycles. The summed E-state index contributed by atoms with van der Waals surface area (Å²) in [4.78, 5) is 61.6. The molecule has 4 N–H and O–H groups in total. The minimum atomic E-state index is -0.901. The van der Waals surface area contributed by atoms with Crippen molar-refractivity contribution < 1.29 is 38.1 Å². The molecule has 0 radical (unpaired) electrons. The topological polar surface area (TPSA) is 189 Å². The molecule has 0 aliphatic rings. The second-order valence-corrected chi connectivity index (χ2v) is 11.1. The van der Waals surface area contributed by atoms with Crippen LogP contribution in [0.5, 0.6) is 11.8 Å². The van der Waals surface area contributed by atoms with Crippen LogP contribution in [0.4, 0.5) is 21.0 Å². The summed E-state index contributed by atoms with van der Waals surface area (Å²) in [5, 5.41) is 0. The van der Waals surface area contributed by atoms with E-state index in [9.17, 15) is 19.2 Å². The van der Waals surface area contributed by atoms with Gasteiger partial charge in [-0.05, 0) is 53.7 Å². The van der Waals surface area contributed by atoms with E-state index in [1.54, 1.807) is 65.8 Å². The summed E-state index contributed by atoms with van der Waals surface area (Å²) >= 11 is 0. The number of imide groups is 2. The number of pyridine rings is 2. The van der Waals surface area contributed by atoms with Crippen LogP contribution < -0.4 is 20.9 Å². The van der Waals surface area contributed by atoms with Crippen LogP contribution in [0.3, 0.4) is 0 Å². The first-order valence-corrected chi connectivity index (χ1v) is 13.3. The molecule has 2 aromatic heterocycles. The van der Waals surface area contributed by atoms with E-state index in [-0.39, 0.29) is 38.1 Å². The molecular formula is C28H40N6O8. The van der Waals surface area contributed by atoms with Crippen molar-refractivity contribution in [3.8, 4) is 11.8 Å². The van der Waals surface area contributed by atoms with E-state index in [2.05, 4.69) is 9.97 Å². The molecule has 0 unspecified atom stereocenters. The van der Waals surface area contributed by atoms with E-state index in [1.807, 2.05) is 0 Å². The number of ether oxygens (including phenoxy) is 4. The van der Waals surface area contributed by atoms with Crippen LogP contribution in [-0.2, 0) is 19.1 Å². The predicted octanol–water partition coefficient (Wildman–Crippen LogP) is 3.41. The maximum absolute atomic E-state index is 13.1. The predicted molar refractivity (Wildman–Crippen MR) is 153 cm³/mol. The lowest BCUT2D eigenvalue weighted by Gasteiger charge is -2.27. The van der Waals surface area contributed by atoms with Gasteiger partial charge in [-0.2, -0.15) is 0 Å². The lowest BCUT2D eigenvalue weighted by atomic mass is 10.2. The molecule has 0 saturated heterocycles. The Hall–Kier alpha value is -4.62. The van der Waals surface area contributed by atoms with Gasteiger partial charge in [-0.25, -0.2) is 29.4 Å². The Labute approximate surface area is 245 Å². The third-order valence-corrected chi connectivity index (χ3v) is 5.03. The SMILES string of the molecule is CC(C)(C)OC(=O)N(CCOc1ccc(N)cn1)C(=O)CCC(=O)N(CCOc1ccc(N)cn1)C(=O)OC(C)(C)C. The van der Waals surface area contributed by atoms with Gasteiger partial charge in [0.25, 0.3) is 0 Å². The zero-order chi connectivity index (χ0) is 31.5. The van der Waals surface area contributed by atoms with Gasteiger partial charge >= 0.3 is 12.2 Å². The van der Waals surface area contributed by atoms with Gasteiger partial charge in [-0.3, -0.25) is 9.59 Å². The molecule has 2 rings (SSSR count). The van der Waals surface area contributed by atoms with E-state index in [4.69, 9.17) is 30.4 Å². The highest BCUT2D eigenvalue weighted by atomic mass is 16.6. The third kappa shape index (κ3) is 12.3. The minimum Gasteiger partial charge on any atom is -0.476 e. The Bertz CT molecular complexity index is 1110. The molecule has 14 heteroatoms. The number of rotatable bonds is 11. The van der Waals surface area contributed by atoms with Crippen LogP contribution in [0.25, 0.3) is 0 Å². The standard InChI is InChI=1S/C28H40N6O8/c1-27(2,3)41-25(37)33(13-15-39-21-9-7-19(29)17-31-21)23(35)11-12-24(36)34(26(38)42-28(4,5)6)14-16-40-22-10-8-20(30)18-32-22/h7-10,17-18H,11-16,29-30H2,1-6H3. The number of nitrogens with two attached hydrogens (primary N) is 2. The Kier molecular flexibility index (Phi) is 11.9. The summed E-state index contributed by atoms with van der Waals surface area (Å²) in [6.07, 6.45) is 0.233. The molecule has 0 aliphatic carbocycles. The van der Waals surface area contributed by atoms with Crippen molar-refractivity contribution in [2.45, 2.75) is 65.6 Å². The Morgan fingerprint density at radius 1 is 0.667 bits per heavy atom. The summed E-state index contributed by atoms with van der Waals surface area (Å²) in [5.41, 5.74) is 10.4. The van der Waals surface area contributed by atoms with Gasteiger partial charge < -0.3 is 30.4 Å². The molecule has 0 atom stereocenters. The van der Waals surface area contributed by atoms with Crippen LogP contribution in [-0.4, -0.2) is 81.3 Å². The highest BCUT2D eigenvalue weighted by Crippen LogP contribution is 2.15. The Balaban J connectivity index is 2.07. The van der Waals surface area contributed by atoms with Gasteiger partial charge in [0.1, 0.15) is 24.4 Å². The molecule has 0 aromatic carbocycles. The molecule has 0 bridgehead atoms. The van der Waals surface area contributed by atoms with Crippen molar-refractivity contribution >= 4 is 35.4 Å². The second kappa shape index (κ2) is 14.8.